The third kappa shape index (κ3) is 7.59. The molecule has 0 amide bonds. The molecular formula is C26H33N3O5. The minimum atomic E-state index is -0.957. The first kappa shape index (κ1) is 25.2. The number of amidine groups is 1. The number of carbonyl (C=O) groups is 2. The lowest BCUT2D eigenvalue weighted by Gasteiger charge is -2.31. The number of piperidine rings is 1. The zero-order chi connectivity index (χ0) is 24.5. The molecule has 0 radical (unpaired) electrons. The van der Waals surface area contributed by atoms with Crippen LogP contribution >= 0.6 is 0 Å². The smallest absolute Gasteiger partial charge is 0.435 e. The van der Waals surface area contributed by atoms with E-state index < -0.39 is 12.4 Å². The Hall–Kier alpha value is -3.39. The molecule has 34 heavy (non-hydrogen) atoms. The number of carbonyl (C=O) groups excluding carboxylic acids is 2. The largest absolute Gasteiger partial charge is 0.511 e. The Kier molecular flexibility index (Phi) is 9.04. The number of nitrogens with zero attached hydrogens (tertiary/aromatic N) is 1. The third-order valence-corrected chi connectivity index (χ3v) is 5.87. The molecule has 1 unspecified atom stereocenters. The molecule has 3 N–H and O–H groups in total. The van der Waals surface area contributed by atoms with Crippen molar-refractivity contribution in [1.29, 1.82) is 5.41 Å². The lowest BCUT2D eigenvalue weighted by atomic mass is 9.93. The molecule has 1 heterocycles. The number of benzene rings is 2. The SMILES string of the molecule is CCOC(=O)OC(C)OC(=O)CC1CCN(Cc2ccc(-c3ccc(C(=N)N)cc3)cc2)CC1. The van der Waals surface area contributed by atoms with Gasteiger partial charge >= 0.3 is 12.1 Å². The molecule has 1 atom stereocenters. The minimum Gasteiger partial charge on any atom is -0.435 e. The summed E-state index contributed by atoms with van der Waals surface area (Å²) >= 11 is 0. The van der Waals surface area contributed by atoms with E-state index in [1.54, 1.807) is 6.92 Å². The van der Waals surface area contributed by atoms with Gasteiger partial charge in [0.2, 0.25) is 6.29 Å². The van der Waals surface area contributed by atoms with E-state index in [9.17, 15) is 9.59 Å². The van der Waals surface area contributed by atoms with Crippen LogP contribution in [0.1, 0.15) is 44.2 Å². The Morgan fingerprint density at radius 1 is 1.03 bits per heavy atom. The zero-order valence-corrected chi connectivity index (χ0v) is 19.8. The highest BCUT2D eigenvalue weighted by Gasteiger charge is 2.24. The van der Waals surface area contributed by atoms with Crippen LogP contribution in [0.3, 0.4) is 0 Å². The summed E-state index contributed by atoms with van der Waals surface area (Å²) in [6.07, 6.45) is 0.365. The summed E-state index contributed by atoms with van der Waals surface area (Å²) in [7, 11) is 0. The molecular weight excluding hydrogens is 434 g/mol. The fraction of sp³-hybridized carbons (Fsp3) is 0.423. The second kappa shape index (κ2) is 12.2. The lowest BCUT2D eigenvalue weighted by Crippen LogP contribution is -2.34. The molecule has 2 aromatic carbocycles. The van der Waals surface area contributed by atoms with E-state index in [4.69, 9.17) is 20.6 Å². The maximum atomic E-state index is 12.1. The van der Waals surface area contributed by atoms with Crippen LogP contribution < -0.4 is 5.73 Å². The van der Waals surface area contributed by atoms with Crippen LogP contribution in [-0.2, 0) is 25.5 Å². The van der Waals surface area contributed by atoms with Gasteiger partial charge in [-0.1, -0.05) is 48.5 Å². The van der Waals surface area contributed by atoms with Crippen LogP contribution in [-0.4, -0.2) is 48.8 Å². The Balaban J connectivity index is 1.41. The van der Waals surface area contributed by atoms with Crippen molar-refractivity contribution >= 4 is 18.0 Å². The quantitative estimate of drug-likeness (QED) is 0.244. The molecule has 8 heteroatoms. The van der Waals surface area contributed by atoms with Gasteiger partial charge in [0.25, 0.3) is 0 Å². The van der Waals surface area contributed by atoms with Gasteiger partial charge in [-0.25, -0.2) is 4.79 Å². The molecule has 2 aromatic rings. The summed E-state index contributed by atoms with van der Waals surface area (Å²) in [5.74, 6) is -0.0267. The van der Waals surface area contributed by atoms with Gasteiger partial charge < -0.3 is 19.9 Å². The summed E-state index contributed by atoms with van der Waals surface area (Å²) in [5, 5.41) is 7.50. The average Bonchev–Trinajstić information content (AvgIpc) is 2.81. The molecule has 182 valence electrons. The van der Waals surface area contributed by atoms with E-state index in [-0.39, 0.29) is 24.3 Å². The topological polar surface area (TPSA) is 115 Å². The Morgan fingerprint density at radius 3 is 2.18 bits per heavy atom. The second-order valence-corrected chi connectivity index (χ2v) is 8.47. The van der Waals surface area contributed by atoms with Crippen molar-refractivity contribution < 1.29 is 23.8 Å². The normalized spacial score (nSPS) is 15.4. The number of nitrogens with two attached hydrogens (primary N) is 1. The maximum absolute atomic E-state index is 12.1. The van der Waals surface area contributed by atoms with Crippen molar-refractivity contribution in [1.82, 2.24) is 4.90 Å². The number of likely N-dealkylation sites (tertiary alicyclic amines) is 1. The predicted octanol–water partition coefficient (Wildman–Crippen LogP) is 4.30. The van der Waals surface area contributed by atoms with E-state index in [2.05, 4.69) is 33.9 Å². The van der Waals surface area contributed by atoms with E-state index >= 15 is 0 Å². The van der Waals surface area contributed by atoms with Crippen LogP contribution in [0, 0.1) is 11.3 Å². The molecule has 0 saturated carbocycles. The van der Waals surface area contributed by atoms with Gasteiger partial charge in [0.05, 0.1) is 6.61 Å². The number of nitrogens with one attached hydrogen (secondary N) is 1. The molecule has 8 nitrogen and oxygen atoms in total. The first-order valence-electron chi connectivity index (χ1n) is 11.6. The molecule has 0 aromatic heterocycles. The fourth-order valence-electron chi connectivity index (χ4n) is 4.03. The molecule has 1 fully saturated rings. The molecule has 3 rings (SSSR count). The molecule has 1 aliphatic rings. The number of hydrogen-bond donors (Lipinski definition) is 2. The predicted molar refractivity (Wildman–Crippen MR) is 129 cm³/mol. The monoisotopic (exact) mass is 467 g/mol. The number of rotatable bonds is 9. The minimum absolute atomic E-state index is 0.0696. The van der Waals surface area contributed by atoms with Crippen molar-refractivity contribution in [2.24, 2.45) is 11.7 Å². The first-order valence-corrected chi connectivity index (χ1v) is 11.6. The zero-order valence-electron chi connectivity index (χ0n) is 19.8. The number of nitrogen functional groups attached to an aromatic ring is 1. The Morgan fingerprint density at radius 2 is 1.62 bits per heavy atom. The lowest BCUT2D eigenvalue weighted by molar-refractivity contribution is -0.169. The van der Waals surface area contributed by atoms with Gasteiger partial charge in [-0.15, -0.1) is 0 Å². The molecule has 0 bridgehead atoms. The Bertz CT molecular complexity index is 967. The van der Waals surface area contributed by atoms with Gasteiger partial charge in [0.15, 0.2) is 0 Å². The van der Waals surface area contributed by atoms with E-state index in [0.29, 0.717) is 6.42 Å². The summed E-state index contributed by atoms with van der Waals surface area (Å²) in [4.78, 5) is 25.8. The first-order chi connectivity index (χ1) is 16.3. The van der Waals surface area contributed by atoms with E-state index in [1.807, 2.05) is 24.3 Å². The van der Waals surface area contributed by atoms with E-state index in [1.165, 1.54) is 12.5 Å². The standard InChI is InChI=1S/C26H33N3O5/c1-3-32-26(31)34-18(2)33-24(30)16-19-12-14-29(15-13-19)17-20-4-6-21(7-5-20)22-8-10-23(11-9-22)25(27)28/h4-11,18-19H,3,12-17H2,1-2H3,(H3,27,28). The summed E-state index contributed by atoms with van der Waals surface area (Å²) < 4.78 is 14.7. The van der Waals surface area contributed by atoms with Gasteiger partial charge in [-0.3, -0.25) is 15.1 Å². The summed E-state index contributed by atoms with van der Waals surface area (Å²) in [5.41, 5.74) is 9.70. The van der Waals surface area contributed by atoms with Crippen LogP contribution in [0.25, 0.3) is 11.1 Å². The number of esters is 1. The number of ether oxygens (including phenoxy) is 3. The highest BCUT2D eigenvalue weighted by molar-refractivity contribution is 5.95. The van der Waals surface area contributed by atoms with Crippen molar-refractivity contribution in [2.45, 2.75) is 45.9 Å². The summed E-state index contributed by atoms with van der Waals surface area (Å²) in [6.45, 7) is 6.09. The van der Waals surface area contributed by atoms with Gasteiger partial charge in [-0.05, 0) is 55.5 Å². The van der Waals surface area contributed by atoms with Crippen molar-refractivity contribution in [3.05, 3.63) is 59.7 Å². The van der Waals surface area contributed by atoms with Crippen LogP contribution in [0.5, 0.6) is 0 Å². The third-order valence-electron chi connectivity index (χ3n) is 5.87. The van der Waals surface area contributed by atoms with Gasteiger partial charge in [0.1, 0.15) is 5.84 Å². The van der Waals surface area contributed by atoms with Crippen molar-refractivity contribution in [3.63, 3.8) is 0 Å². The second-order valence-electron chi connectivity index (χ2n) is 8.47. The fourth-order valence-corrected chi connectivity index (χ4v) is 4.03. The van der Waals surface area contributed by atoms with Crippen LogP contribution in [0.2, 0.25) is 0 Å². The summed E-state index contributed by atoms with van der Waals surface area (Å²) in [6, 6.07) is 16.2. The Labute approximate surface area is 200 Å². The molecule has 0 aliphatic carbocycles. The maximum Gasteiger partial charge on any atom is 0.511 e. The van der Waals surface area contributed by atoms with Crippen molar-refractivity contribution in [2.75, 3.05) is 19.7 Å². The van der Waals surface area contributed by atoms with Crippen molar-refractivity contribution in [3.8, 4) is 11.1 Å². The van der Waals surface area contributed by atoms with Crippen LogP contribution in [0.4, 0.5) is 4.79 Å². The number of hydrogen-bond acceptors (Lipinski definition) is 7. The molecule has 1 aliphatic heterocycles. The highest BCUT2D eigenvalue weighted by Crippen LogP contribution is 2.24. The van der Waals surface area contributed by atoms with E-state index in [0.717, 1.165) is 49.2 Å². The van der Waals surface area contributed by atoms with Gasteiger partial charge in [0, 0.05) is 25.5 Å². The van der Waals surface area contributed by atoms with Gasteiger partial charge in [-0.2, -0.15) is 0 Å². The highest BCUT2D eigenvalue weighted by atomic mass is 16.8. The average molecular weight is 468 g/mol. The molecule has 0 spiro atoms. The molecule has 1 saturated heterocycles. The van der Waals surface area contributed by atoms with Crippen LogP contribution in [0.15, 0.2) is 48.5 Å².